The molecule has 0 fully saturated rings. The topological polar surface area (TPSA) is 76.8 Å². The van der Waals surface area contributed by atoms with Crippen LogP contribution in [0.4, 0.5) is 13.2 Å². The van der Waals surface area contributed by atoms with Gasteiger partial charge in [-0.2, -0.15) is 21.6 Å². The number of halogens is 3. The summed E-state index contributed by atoms with van der Waals surface area (Å²) in [5.41, 5.74) is -0.508. The maximum absolute atomic E-state index is 12.9. The van der Waals surface area contributed by atoms with Crippen LogP contribution >= 0.6 is 0 Å². The molecule has 3 rings (SSSR count). The summed E-state index contributed by atoms with van der Waals surface area (Å²) in [5, 5.41) is 0. The maximum Gasteiger partial charge on any atom is 0.416 e. The Bertz CT molecular complexity index is 1190. The molecule has 0 aliphatic heterocycles. The fourth-order valence-electron chi connectivity index (χ4n) is 3.11. The first-order valence-corrected chi connectivity index (χ1v) is 11.5. The first-order valence-electron chi connectivity index (χ1n) is 10.1. The monoisotopic (exact) mass is 481 g/mol. The van der Waals surface area contributed by atoms with Crippen LogP contribution in [0.2, 0.25) is 0 Å². The summed E-state index contributed by atoms with van der Waals surface area (Å²) >= 11 is 0. The van der Waals surface area contributed by atoms with Gasteiger partial charge in [0.15, 0.2) is 0 Å². The molecule has 0 saturated heterocycles. The van der Waals surface area contributed by atoms with Crippen LogP contribution in [0.25, 0.3) is 0 Å². The van der Waals surface area contributed by atoms with Gasteiger partial charge >= 0.3 is 16.3 Å². The van der Waals surface area contributed by atoms with Crippen molar-refractivity contribution in [2.75, 3.05) is 0 Å². The van der Waals surface area contributed by atoms with Crippen molar-refractivity contribution >= 4 is 16.0 Å². The zero-order valence-electron chi connectivity index (χ0n) is 17.7. The van der Waals surface area contributed by atoms with Gasteiger partial charge in [-0.1, -0.05) is 25.1 Å². The van der Waals surface area contributed by atoms with Gasteiger partial charge in [0.2, 0.25) is 5.91 Å². The van der Waals surface area contributed by atoms with Crippen molar-refractivity contribution in [2.45, 2.75) is 43.9 Å². The molecule has 33 heavy (non-hydrogen) atoms. The summed E-state index contributed by atoms with van der Waals surface area (Å²) < 4.78 is 74.3. The number of benzene rings is 2. The molecule has 1 amide bonds. The molecule has 0 saturated carbocycles. The quantitative estimate of drug-likeness (QED) is 0.383. The van der Waals surface area contributed by atoms with Gasteiger partial charge < -0.3 is 13.5 Å². The fourth-order valence-corrected chi connectivity index (χ4v) is 4.08. The van der Waals surface area contributed by atoms with Gasteiger partial charge in [0.25, 0.3) is 0 Å². The minimum atomic E-state index is -4.69. The van der Waals surface area contributed by atoms with E-state index in [1.807, 2.05) is 6.92 Å². The Balaban J connectivity index is 1.80. The lowest BCUT2D eigenvalue weighted by molar-refractivity contribution is -0.137. The summed E-state index contributed by atoms with van der Waals surface area (Å²) in [6, 6.07) is 12.8. The number of hydrogen-bond donors (Lipinski definition) is 0. The SMILES string of the molecule is CCCC(=O)N(Cc1cccc(OS(=O)(=O)c2cccc(C(F)(F)F)c2)c1)Cc1ccco1. The summed E-state index contributed by atoms with van der Waals surface area (Å²) in [6.45, 7) is 2.29. The van der Waals surface area contributed by atoms with Crippen LogP contribution in [0.3, 0.4) is 0 Å². The second-order valence-corrected chi connectivity index (χ2v) is 8.84. The van der Waals surface area contributed by atoms with Crippen LogP contribution in [0.5, 0.6) is 5.75 Å². The molecule has 0 radical (unpaired) electrons. The number of furan rings is 1. The van der Waals surface area contributed by atoms with E-state index < -0.39 is 26.8 Å². The van der Waals surface area contributed by atoms with Gasteiger partial charge in [0.1, 0.15) is 16.4 Å². The number of hydrogen-bond acceptors (Lipinski definition) is 5. The third kappa shape index (κ3) is 6.61. The molecule has 0 bridgehead atoms. The van der Waals surface area contributed by atoms with E-state index in [0.717, 1.165) is 18.2 Å². The average Bonchev–Trinajstić information content (AvgIpc) is 3.26. The Morgan fingerprint density at radius 1 is 1.03 bits per heavy atom. The molecule has 10 heteroatoms. The molecule has 3 aromatic rings. The van der Waals surface area contributed by atoms with Crippen LogP contribution in [0.15, 0.2) is 76.2 Å². The van der Waals surface area contributed by atoms with Gasteiger partial charge in [-0.05, 0) is 54.4 Å². The van der Waals surface area contributed by atoms with E-state index in [9.17, 15) is 26.4 Å². The normalized spacial score (nSPS) is 11.9. The molecular weight excluding hydrogens is 459 g/mol. The van der Waals surface area contributed by atoms with Gasteiger partial charge in [-0.25, -0.2) is 0 Å². The number of carbonyl (C=O) groups excluding carboxylic acids is 1. The predicted molar refractivity (Wildman–Crippen MR) is 114 cm³/mol. The highest BCUT2D eigenvalue weighted by molar-refractivity contribution is 7.87. The Kier molecular flexibility index (Phi) is 7.47. The van der Waals surface area contributed by atoms with Crippen LogP contribution in [-0.2, 0) is 34.2 Å². The summed E-state index contributed by atoms with van der Waals surface area (Å²) in [5.74, 6) is 0.418. The van der Waals surface area contributed by atoms with Crippen molar-refractivity contribution < 1.29 is 35.0 Å². The lowest BCUT2D eigenvalue weighted by Crippen LogP contribution is -2.29. The number of amides is 1. The molecule has 0 aliphatic carbocycles. The first-order chi connectivity index (χ1) is 15.6. The summed E-state index contributed by atoms with van der Waals surface area (Å²) in [4.78, 5) is 13.5. The van der Waals surface area contributed by atoms with Crippen molar-refractivity contribution in [3.8, 4) is 5.75 Å². The number of alkyl halides is 3. The fraction of sp³-hybridized carbons (Fsp3) is 0.261. The van der Waals surface area contributed by atoms with E-state index in [1.165, 1.54) is 18.4 Å². The second kappa shape index (κ2) is 10.1. The van der Waals surface area contributed by atoms with Crippen molar-refractivity contribution in [1.82, 2.24) is 4.90 Å². The highest BCUT2D eigenvalue weighted by Crippen LogP contribution is 2.31. The molecule has 0 atom stereocenters. The number of carbonyl (C=O) groups is 1. The van der Waals surface area contributed by atoms with Crippen molar-refractivity contribution in [3.63, 3.8) is 0 Å². The van der Waals surface area contributed by atoms with E-state index >= 15 is 0 Å². The van der Waals surface area contributed by atoms with Gasteiger partial charge in [-0.3, -0.25) is 4.79 Å². The van der Waals surface area contributed by atoms with Crippen LogP contribution in [-0.4, -0.2) is 19.2 Å². The third-order valence-corrected chi connectivity index (χ3v) is 5.91. The van der Waals surface area contributed by atoms with Gasteiger partial charge in [0.05, 0.1) is 18.4 Å². The zero-order chi connectivity index (χ0) is 24.1. The van der Waals surface area contributed by atoms with Gasteiger partial charge in [-0.15, -0.1) is 0 Å². The molecule has 1 aromatic heterocycles. The number of rotatable bonds is 9. The minimum Gasteiger partial charge on any atom is -0.467 e. The predicted octanol–water partition coefficient (Wildman–Crippen LogP) is 5.40. The summed E-state index contributed by atoms with van der Waals surface area (Å²) in [7, 11) is -4.50. The third-order valence-electron chi connectivity index (χ3n) is 4.67. The van der Waals surface area contributed by atoms with Crippen LogP contribution in [0.1, 0.15) is 36.7 Å². The van der Waals surface area contributed by atoms with Crippen molar-refractivity contribution in [2.24, 2.45) is 0 Å². The van der Waals surface area contributed by atoms with Crippen molar-refractivity contribution in [1.29, 1.82) is 0 Å². The Morgan fingerprint density at radius 2 is 1.79 bits per heavy atom. The molecule has 6 nitrogen and oxygen atoms in total. The first kappa shape index (κ1) is 24.4. The van der Waals surface area contributed by atoms with E-state index in [2.05, 4.69) is 0 Å². The molecular formula is C23H22F3NO5S. The second-order valence-electron chi connectivity index (χ2n) is 7.29. The summed E-state index contributed by atoms with van der Waals surface area (Å²) in [6.07, 6.45) is -2.19. The van der Waals surface area contributed by atoms with E-state index in [1.54, 1.807) is 29.2 Å². The highest BCUT2D eigenvalue weighted by atomic mass is 32.2. The molecule has 0 spiro atoms. The van der Waals surface area contributed by atoms with Gasteiger partial charge in [0, 0.05) is 13.0 Å². The molecule has 2 aromatic carbocycles. The maximum atomic E-state index is 12.9. The highest BCUT2D eigenvalue weighted by Gasteiger charge is 2.32. The van der Waals surface area contributed by atoms with E-state index in [0.29, 0.717) is 30.2 Å². The largest absolute Gasteiger partial charge is 0.467 e. The van der Waals surface area contributed by atoms with Crippen LogP contribution < -0.4 is 4.18 Å². The standard InChI is InChI=1S/C23H22F3NO5S/c1-2-6-22(28)27(16-20-10-5-12-31-20)15-17-7-3-9-19(13-17)32-33(29,30)21-11-4-8-18(14-21)23(24,25)26/h3-5,7-14H,2,6,15-16H2,1H3. The minimum absolute atomic E-state index is 0.0780. The smallest absolute Gasteiger partial charge is 0.416 e. The number of nitrogens with zero attached hydrogens (tertiary/aromatic N) is 1. The van der Waals surface area contributed by atoms with Crippen LogP contribution in [0, 0.1) is 0 Å². The molecule has 1 heterocycles. The lowest BCUT2D eigenvalue weighted by Gasteiger charge is -2.22. The average molecular weight is 481 g/mol. The Labute approximate surface area is 189 Å². The Hall–Kier alpha value is -3.27. The molecule has 0 aliphatic rings. The van der Waals surface area contributed by atoms with E-state index in [4.69, 9.17) is 8.60 Å². The van der Waals surface area contributed by atoms with Crippen molar-refractivity contribution in [3.05, 3.63) is 83.8 Å². The molecule has 0 N–H and O–H groups in total. The molecule has 176 valence electrons. The lowest BCUT2D eigenvalue weighted by atomic mass is 10.2. The zero-order valence-corrected chi connectivity index (χ0v) is 18.5. The Morgan fingerprint density at radius 3 is 2.45 bits per heavy atom. The van der Waals surface area contributed by atoms with E-state index in [-0.39, 0.29) is 24.7 Å². The molecule has 0 unspecified atom stereocenters.